The van der Waals surface area contributed by atoms with E-state index in [0.717, 1.165) is 18.4 Å². The van der Waals surface area contributed by atoms with E-state index in [1.165, 1.54) is 0 Å². The highest BCUT2D eigenvalue weighted by molar-refractivity contribution is 5.70. The second-order valence-electron chi connectivity index (χ2n) is 4.16. The maximum Gasteiger partial charge on any atom is 0.338 e. The second-order valence-corrected chi connectivity index (χ2v) is 4.16. The predicted octanol–water partition coefficient (Wildman–Crippen LogP) is 1.68. The van der Waals surface area contributed by atoms with Crippen molar-refractivity contribution in [1.82, 2.24) is 5.06 Å². The quantitative estimate of drug-likeness (QED) is 0.619. The lowest BCUT2D eigenvalue weighted by Gasteiger charge is -2.18. The van der Waals surface area contributed by atoms with Gasteiger partial charge in [0.1, 0.15) is 0 Å². The van der Waals surface area contributed by atoms with Gasteiger partial charge in [-0.05, 0) is 18.4 Å². The Labute approximate surface area is 99.7 Å². The third kappa shape index (κ3) is 2.95. The molecule has 5 nitrogen and oxygen atoms in total. The van der Waals surface area contributed by atoms with Crippen LogP contribution in [0.4, 0.5) is 4.79 Å². The molecule has 1 heterocycles. The Kier molecular flexibility index (Phi) is 3.61. The lowest BCUT2D eigenvalue weighted by molar-refractivity contribution is -0.0788. The monoisotopic (exact) mass is 236 g/mol. The van der Waals surface area contributed by atoms with Gasteiger partial charge >= 0.3 is 6.03 Å². The van der Waals surface area contributed by atoms with Crippen LogP contribution in [0.2, 0.25) is 0 Å². The Morgan fingerprint density at radius 2 is 2.12 bits per heavy atom. The number of nitrogens with two attached hydrogens (primary N) is 1. The Morgan fingerprint density at radius 3 is 2.76 bits per heavy atom. The first-order valence-corrected chi connectivity index (χ1v) is 5.63. The molecule has 0 spiro atoms. The SMILES string of the molecule is NC(=O)N(O)C[C@@H]1CC[C@H](c2ccccc2)O1. The molecule has 0 unspecified atom stereocenters. The van der Waals surface area contributed by atoms with Crippen LogP contribution in [0, 0.1) is 0 Å². The summed E-state index contributed by atoms with van der Waals surface area (Å²) in [6.07, 6.45) is 1.59. The predicted molar refractivity (Wildman–Crippen MR) is 61.4 cm³/mol. The maximum atomic E-state index is 10.7. The van der Waals surface area contributed by atoms with E-state index in [0.29, 0.717) is 5.06 Å². The highest BCUT2D eigenvalue weighted by Gasteiger charge is 2.28. The molecule has 0 aromatic heterocycles. The molecular formula is C12H16N2O3. The number of benzene rings is 1. The number of rotatable bonds is 3. The number of ether oxygens (including phenoxy) is 1. The molecule has 1 saturated heterocycles. The third-order valence-corrected chi connectivity index (χ3v) is 2.91. The fourth-order valence-corrected chi connectivity index (χ4v) is 2.04. The molecule has 0 aliphatic carbocycles. The number of hydroxylamine groups is 2. The molecule has 1 aliphatic heterocycles. The topological polar surface area (TPSA) is 75.8 Å². The molecule has 5 heteroatoms. The van der Waals surface area contributed by atoms with E-state index in [2.05, 4.69) is 0 Å². The molecule has 2 atom stereocenters. The van der Waals surface area contributed by atoms with Gasteiger partial charge in [-0.15, -0.1) is 0 Å². The molecule has 0 radical (unpaired) electrons. The first-order chi connectivity index (χ1) is 8.16. The van der Waals surface area contributed by atoms with Crippen molar-refractivity contribution in [1.29, 1.82) is 0 Å². The minimum absolute atomic E-state index is 0.0440. The highest BCUT2D eigenvalue weighted by atomic mass is 16.5. The molecule has 3 N–H and O–H groups in total. The Bertz CT molecular complexity index is 383. The van der Waals surface area contributed by atoms with Crippen LogP contribution in [0.15, 0.2) is 30.3 Å². The number of primary amides is 1. The smallest absolute Gasteiger partial charge is 0.338 e. The number of carbonyl (C=O) groups excluding carboxylic acids is 1. The van der Waals surface area contributed by atoms with Crippen molar-refractivity contribution in [3.63, 3.8) is 0 Å². The lowest BCUT2D eigenvalue weighted by atomic mass is 10.1. The summed E-state index contributed by atoms with van der Waals surface area (Å²) in [6, 6.07) is 9.06. The van der Waals surface area contributed by atoms with Gasteiger partial charge in [-0.25, -0.2) is 9.86 Å². The van der Waals surface area contributed by atoms with E-state index in [-0.39, 0.29) is 18.8 Å². The minimum atomic E-state index is -0.850. The van der Waals surface area contributed by atoms with Crippen LogP contribution in [0.3, 0.4) is 0 Å². The van der Waals surface area contributed by atoms with Crippen LogP contribution in [-0.2, 0) is 4.74 Å². The van der Waals surface area contributed by atoms with Gasteiger partial charge in [-0.2, -0.15) is 0 Å². The van der Waals surface area contributed by atoms with Crippen LogP contribution in [-0.4, -0.2) is 29.0 Å². The summed E-state index contributed by atoms with van der Waals surface area (Å²) in [4.78, 5) is 10.7. The molecule has 0 saturated carbocycles. The van der Waals surface area contributed by atoms with Gasteiger partial charge in [0.05, 0.1) is 18.8 Å². The fraction of sp³-hybridized carbons (Fsp3) is 0.417. The zero-order valence-electron chi connectivity index (χ0n) is 9.45. The molecule has 1 aliphatic rings. The average Bonchev–Trinajstić information content (AvgIpc) is 2.78. The van der Waals surface area contributed by atoms with E-state index in [1.54, 1.807) is 0 Å². The maximum absolute atomic E-state index is 10.7. The van der Waals surface area contributed by atoms with Crippen molar-refractivity contribution >= 4 is 6.03 Å². The van der Waals surface area contributed by atoms with Crippen molar-refractivity contribution in [2.24, 2.45) is 5.73 Å². The Hall–Kier alpha value is -1.59. The normalized spacial score (nSPS) is 23.6. The molecule has 2 amide bonds. The van der Waals surface area contributed by atoms with E-state index in [4.69, 9.17) is 10.5 Å². The number of amides is 2. The van der Waals surface area contributed by atoms with E-state index >= 15 is 0 Å². The standard InChI is InChI=1S/C12H16N2O3/c13-12(15)14(16)8-10-6-7-11(17-10)9-4-2-1-3-5-9/h1-5,10-11,16H,6-8H2,(H2,13,15)/t10-,11+/m0/s1. The van der Waals surface area contributed by atoms with Crippen LogP contribution >= 0.6 is 0 Å². The van der Waals surface area contributed by atoms with Gasteiger partial charge in [0.15, 0.2) is 0 Å². The Balaban J connectivity index is 1.90. The summed E-state index contributed by atoms with van der Waals surface area (Å²) in [5.74, 6) is 0. The van der Waals surface area contributed by atoms with Crippen LogP contribution < -0.4 is 5.73 Å². The van der Waals surface area contributed by atoms with E-state index < -0.39 is 6.03 Å². The van der Waals surface area contributed by atoms with Gasteiger partial charge in [0.2, 0.25) is 0 Å². The largest absolute Gasteiger partial charge is 0.368 e. The summed E-state index contributed by atoms with van der Waals surface area (Å²) >= 11 is 0. The molecule has 17 heavy (non-hydrogen) atoms. The van der Waals surface area contributed by atoms with Crippen LogP contribution in [0.25, 0.3) is 0 Å². The van der Waals surface area contributed by atoms with Gasteiger partial charge in [0.25, 0.3) is 0 Å². The molecule has 1 aromatic rings. The van der Waals surface area contributed by atoms with Crippen molar-refractivity contribution in [3.8, 4) is 0 Å². The Morgan fingerprint density at radius 1 is 1.41 bits per heavy atom. The molecular weight excluding hydrogens is 220 g/mol. The molecule has 2 rings (SSSR count). The van der Waals surface area contributed by atoms with E-state index in [1.807, 2.05) is 30.3 Å². The van der Waals surface area contributed by atoms with Crippen LogP contribution in [0.5, 0.6) is 0 Å². The molecule has 1 fully saturated rings. The molecule has 0 bridgehead atoms. The van der Waals surface area contributed by atoms with Crippen molar-refractivity contribution in [2.75, 3.05) is 6.54 Å². The average molecular weight is 236 g/mol. The number of hydrogen-bond donors (Lipinski definition) is 2. The lowest BCUT2D eigenvalue weighted by Crippen LogP contribution is -2.38. The van der Waals surface area contributed by atoms with Crippen LogP contribution in [0.1, 0.15) is 24.5 Å². The van der Waals surface area contributed by atoms with E-state index in [9.17, 15) is 10.0 Å². The second kappa shape index (κ2) is 5.16. The van der Waals surface area contributed by atoms with Gasteiger partial charge < -0.3 is 10.5 Å². The summed E-state index contributed by atoms with van der Waals surface area (Å²) in [6.45, 7) is 0.124. The first kappa shape index (κ1) is 11.9. The fourth-order valence-electron chi connectivity index (χ4n) is 2.04. The zero-order valence-corrected chi connectivity index (χ0v) is 9.45. The molecule has 1 aromatic carbocycles. The summed E-state index contributed by atoms with van der Waals surface area (Å²) in [5.41, 5.74) is 6.06. The molecule has 92 valence electrons. The van der Waals surface area contributed by atoms with Gasteiger partial charge in [-0.1, -0.05) is 30.3 Å². The third-order valence-electron chi connectivity index (χ3n) is 2.91. The summed E-state index contributed by atoms with van der Waals surface area (Å²) in [5, 5.41) is 9.72. The minimum Gasteiger partial charge on any atom is -0.368 e. The first-order valence-electron chi connectivity index (χ1n) is 5.63. The number of carbonyl (C=O) groups is 1. The van der Waals surface area contributed by atoms with Gasteiger partial charge in [0, 0.05) is 0 Å². The zero-order chi connectivity index (χ0) is 12.3. The summed E-state index contributed by atoms with van der Waals surface area (Å²) < 4.78 is 5.76. The van der Waals surface area contributed by atoms with Crippen molar-refractivity contribution in [2.45, 2.75) is 25.0 Å². The van der Waals surface area contributed by atoms with Gasteiger partial charge in [-0.3, -0.25) is 5.21 Å². The van der Waals surface area contributed by atoms with Crippen molar-refractivity contribution < 1.29 is 14.7 Å². The highest BCUT2D eigenvalue weighted by Crippen LogP contribution is 2.32. The number of urea groups is 1. The van der Waals surface area contributed by atoms with Crippen molar-refractivity contribution in [3.05, 3.63) is 35.9 Å². The summed E-state index contributed by atoms with van der Waals surface area (Å²) in [7, 11) is 0. The number of hydrogen-bond acceptors (Lipinski definition) is 3. The number of nitrogens with zero attached hydrogens (tertiary/aromatic N) is 1.